The van der Waals surface area contributed by atoms with Crippen molar-refractivity contribution in [3.05, 3.63) is 0 Å². The quantitative estimate of drug-likeness (QED) is 0.697. The number of hydrogen-bond donors (Lipinski definition) is 1. The van der Waals surface area contributed by atoms with Crippen molar-refractivity contribution in [2.24, 2.45) is 5.92 Å². The first-order valence-corrected chi connectivity index (χ1v) is 6.43. The summed E-state index contributed by atoms with van der Waals surface area (Å²) in [5.74, 6) is 0.781. The van der Waals surface area contributed by atoms with Crippen molar-refractivity contribution >= 4 is 0 Å². The van der Waals surface area contributed by atoms with Crippen molar-refractivity contribution in [3.63, 3.8) is 0 Å². The Hall–Kier alpha value is -0.0800. The number of likely N-dealkylation sites (N-methyl/N-ethyl adjacent to an activating group) is 1. The number of hydrogen-bond acceptors (Lipinski definition) is 2. The lowest BCUT2D eigenvalue weighted by Crippen LogP contribution is -2.50. The molecule has 2 nitrogen and oxygen atoms in total. The van der Waals surface area contributed by atoms with Gasteiger partial charge in [0.15, 0.2) is 0 Å². The van der Waals surface area contributed by atoms with Gasteiger partial charge in [0.05, 0.1) is 0 Å². The summed E-state index contributed by atoms with van der Waals surface area (Å²) in [5, 5.41) is 3.57. The molecule has 1 N–H and O–H groups in total. The van der Waals surface area contributed by atoms with Gasteiger partial charge in [0.1, 0.15) is 0 Å². The summed E-state index contributed by atoms with van der Waals surface area (Å²) < 4.78 is 0. The van der Waals surface area contributed by atoms with Crippen LogP contribution in [-0.2, 0) is 0 Å². The first-order chi connectivity index (χ1) is 6.94. The Balaban J connectivity index is 2.42. The van der Waals surface area contributed by atoms with Gasteiger partial charge in [-0.3, -0.25) is 4.90 Å². The fraction of sp³-hybridized carbons (Fsp3) is 1.00. The summed E-state index contributed by atoms with van der Waals surface area (Å²) in [4.78, 5) is 2.67. The predicted octanol–water partition coefficient (Wildman–Crippen LogP) is 2.49. The summed E-state index contributed by atoms with van der Waals surface area (Å²) in [6, 6.07) is 0.880. The molecule has 0 aromatic carbocycles. The lowest BCUT2D eigenvalue weighted by molar-refractivity contribution is 0.176. The van der Waals surface area contributed by atoms with Crippen LogP contribution in [0.3, 0.4) is 0 Å². The number of rotatable bonds is 7. The maximum Gasteiger partial charge on any atom is 0.0252 e. The zero-order valence-corrected chi connectivity index (χ0v) is 11.1. The summed E-state index contributed by atoms with van der Waals surface area (Å²) >= 11 is 0. The molecule has 1 aliphatic rings. The van der Waals surface area contributed by atoms with Crippen molar-refractivity contribution < 1.29 is 0 Å². The van der Waals surface area contributed by atoms with E-state index >= 15 is 0 Å². The zero-order valence-electron chi connectivity index (χ0n) is 11.1. The van der Waals surface area contributed by atoms with Crippen LogP contribution in [0.25, 0.3) is 0 Å². The van der Waals surface area contributed by atoms with Crippen molar-refractivity contribution in [1.82, 2.24) is 10.2 Å². The first-order valence-electron chi connectivity index (χ1n) is 6.43. The highest BCUT2D eigenvalue weighted by molar-refractivity contribution is 4.90. The Bertz CT molecular complexity index is 183. The van der Waals surface area contributed by atoms with E-state index in [0.29, 0.717) is 0 Å². The van der Waals surface area contributed by atoms with E-state index in [-0.39, 0.29) is 5.54 Å². The molecule has 0 aromatic heterocycles. The highest BCUT2D eigenvalue weighted by Gasteiger charge is 2.32. The summed E-state index contributed by atoms with van der Waals surface area (Å²) in [6.07, 6.45) is 2.82. The molecule has 15 heavy (non-hydrogen) atoms. The van der Waals surface area contributed by atoms with Crippen LogP contribution in [0, 0.1) is 5.92 Å². The van der Waals surface area contributed by atoms with Crippen molar-refractivity contribution in [2.45, 2.75) is 59.0 Å². The minimum atomic E-state index is 0.256. The molecule has 0 amide bonds. The van der Waals surface area contributed by atoms with Gasteiger partial charge in [0.2, 0.25) is 0 Å². The third-order valence-electron chi connectivity index (χ3n) is 2.92. The van der Waals surface area contributed by atoms with Crippen LogP contribution in [0.2, 0.25) is 0 Å². The van der Waals surface area contributed by atoms with E-state index in [1.165, 1.54) is 25.9 Å². The van der Waals surface area contributed by atoms with E-state index in [1.807, 2.05) is 0 Å². The molecule has 0 spiro atoms. The summed E-state index contributed by atoms with van der Waals surface area (Å²) in [6.45, 7) is 14.9. The average Bonchev–Trinajstić information content (AvgIpc) is 2.82. The van der Waals surface area contributed by atoms with E-state index < -0.39 is 0 Å². The van der Waals surface area contributed by atoms with Crippen LogP contribution in [-0.4, -0.2) is 36.1 Å². The van der Waals surface area contributed by atoms with Gasteiger partial charge in [0.25, 0.3) is 0 Å². The predicted molar refractivity (Wildman–Crippen MR) is 67.2 cm³/mol. The van der Waals surface area contributed by atoms with Crippen molar-refractivity contribution in [3.8, 4) is 0 Å². The largest absolute Gasteiger partial charge is 0.311 e. The number of nitrogens with zero attached hydrogens (tertiary/aromatic N) is 1. The molecule has 0 heterocycles. The molecule has 0 bridgehead atoms. The second-order valence-electron chi connectivity index (χ2n) is 5.97. The van der Waals surface area contributed by atoms with Gasteiger partial charge >= 0.3 is 0 Å². The van der Waals surface area contributed by atoms with Gasteiger partial charge in [-0.05, 0) is 39.2 Å². The standard InChI is InChI=1S/C13H28N2/c1-6-14-13(4,5)10-15(9-11(2)3)12-7-8-12/h11-12,14H,6-10H2,1-5H3. The second kappa shape index (κ2) is 5.31. The third kappa shape index (κ3) is 4.98. The third-order valence-corrected chi connectivity index (χ3v) is 2.92. The van der Waals surface area contributed by atoms with Gasteiger partial charge in [0, 0.05) is 24.7 Å². The van der Waals surface area contributed by atoms with E-state index in [0.717, 1.165) is 18.5 Å². The van der Waals surface area contributed by atoms with Gasteiger partial charge in [-0.2, -0.15) is 0 Å². The topological polar surface area (TPSA) is 15.3 Å². The van der Waals surface area contributed by atoms with Crippen LogP contribution >= 0.6 is 0 Å². The fourth-order valence-corrected chi connectivity index (χ4v) is 2.29. The van der Waals surface area contributed by atoms with Crippen LogP contribution in [0.4, 0.5) is 0 Å². The average molecular weight is 212 g/mol. The molecular weight excluding hydrogens is 184 g/mol. The monoisotopic (exact) mass is 212 g/mol. The van der Waals surface area contributed by atoms with Gasteiger partial charge in [-0.1, -0.05) is 20.8 Å². The molecule has 0 aromatic rings. The highest BCUT2D eigenvalue weighted by atomic mass is 15.2. The normalized spacial score (nSPS) is 17.8. The smallest absolute Gasteiger partial charge is 0.0252 e. The SMILES string of the molecule is CCNC(C)(C)CN(CC(C)C)C1CC1. The van der Waals surface area contributed by atoms with Gasteiger partial charge in [-0.15, -0.1) is 0 Å². The van der Waals surface area contributed by atoms with Gasteiger partial charge < -0.3 is 5.32 Å². The lowest BCUT2D eigenvalue weighted by atomic mass is 10.0. The van der Waals surface area contributed by atoms with E-state index in [1.54, 1.807) is 0 Å². The van der Waals surface area contributed by atoms with E-state index in [4.69, 9.17) is 0 Å². The maximum absolute atomic E-state index is 3.57. The Kier molecular flexibility index (Phi) is 4.60. The summed E-state index contributed by atoms with van der Waals surface area (Å²) in [5.41, 5.74) is 0.256. The molecule has 1 saturated carbocycles. The molecule has 0 atom stereocenters. The molecule has 0 radical (unpaired) electrons. The Labute approximate surface area is 95.4 Å². The Morgan fingerprint density at radius 1 is 1.33 bits per heavy atom. The van der Waals surface area contributed by atoms with E-state index in [2.05, 4.69) is 44.8 Å². The molecule has 0 saturated heterocycles. The fourth-order valence-electron chi connectivity index (χ4n) is 2.29. The maximum atomic E-state index is 3.57. The van der Waals surface area contributed by atoms with Crippen LogP contribution in [0.15, 0.2) is 0 Å². The van der Waals surface area contributed by atoms with Crippen LogP contribution in [0.1, 0.15) is 47.5 Å². The zero-order chi connectivity index (χ0) is 11.5. The minimum absolute atomic E-state index is 0.256. The molecule has 1 aliphatic carbocycles. The Morgan fingerprint density at radius 2 is 1.93 bits per heavy atom. The lowest BCUT2D eigenvalue weighted by Gasteiger charge is -2.34. The number of nitrogens with one attached hydrogen (secondary N) is 1. The summed E-state index contributed by atoms with van der Waals surface area (Å²) in [7, 11) is 0. The Morgan fingerprint density at radius 3 is 2.33 bits per heavy atom. The van der Waals surface area contributed by atoms with E-state index in [9.17, 15) is 0 Å². The minimum Gasteiger partial charge on any atom is -0.311 e. The van der Waals surface area contributed by atoms with Crippen molar-refractivity contribution in [2.75, 3.05) is 19.6 Å². The molecular formula is C13H28N2. The molecule has 1 rings (SSSR count). The molecule has 1 fully saturated rings. The molecule has 2 heteroatoms. The first kappa shape index (κ1) is 13.0. The van der Waals surface area contributed by atoms with Gasteiger partial charge in [-0.25, -0.2) is 0 Å². The van der Waals surface area contributed by atoms with Crippen LogP contribution < -0.4 is 5.32 Å². The van der Waals surface area contributed by atoms with Crippen molar-refractivity contribution in [1.29, 1.82) is 0 Å². The van der Waals surface area contributed by atoms with Crippen LogP contribution in [0.5, 0.6) is 0 Å². The highest BCUT2D eigenvalue weighted by Crippen LogP contribution is 2.28. The second-order valence-corrected chi connectivity index (χ2v) is 5.97. The molecule has 90 valence electrons. The molecule has 0 aliphatic heterocycles. The molecule has 0 unspecified atom stereocenters.